The van der Waals surface area contributed by atoms with Gasteiger partial charge in [0, 0.05) is 20.6 Å². The Kier molecular flexibility index (Phi) is 3.69. The van der Waals surface area contributed by atoms with Crippen LogP contribution in [0.2, 0.25) is 0 Å². The van der Waals surface area contributed by atoms with E-state index in [1.165, 1.54) is 0 Å². The molecule has 0 saturated carbocycles. The Bertz CT molecular complexity index is 184. The molecule has 4 nitrogen and oxygen atoms in total. The van der Waals surface area contributed by atoms with E-state index in [-0.39, 0.29) is 18.4 Å². The van der Waals surface area contributed by atoms with Gasteiger partial charge in [-0.25, -0.2) is 0 Å². The number of methoxy groups -OCH3 is 2. The molecular formula is C9H17NO3. The number of hydrogen-bond donors (Lipinski definition) is 0. The first-order chi connectivity index (χ1) is 6.20. The van der Waals surface area contributed by atoms with Crippen molar-refractivity contribution in [1.82, 2.24) is 4.90 Å². The van der Waals surface area contributed by atoms with Crippen LogP contribution in [0.5, 0.6) is 0 Å². The van der Waals surface area contributed by atoms with Gasteiger partial charge in [0.25, 0.3) is 0 Å². The largest absolute Gasteiger partial charge is 0.362 e. The Hall–Kier alpha value is -0.610. The Morgan fingerprint density at radius 3 is 2.77 bits per heavy atom. The van der Waals surface area contributed by atoms with Crippen LogP contribution in [-0.2, 0) is 14.3 Å². The SMILES string of the molecule is COC(C)N1C(=O)CCCC1OC. The summed E-state index contributed by atoms with van der Waals surface area (Å²) < 4.78 is 10.3. The third kappa shape index (κ3) is 2.19. The summed E-state index contributed by atoms with van der Waals surface area (Å²) in [5.74, 6) is 0.118. The Balaban J connectivity index is 2.67. The third-order valence-corrected chi connectivity index (χ3v) is 2.44. The van der Waals surface area contributed by atoms with Crippen LogP contribution in [0.1, 0.15) is 26.2 Å². The number of piperidine rings is 1. The maximum Gasteiger partial charge on any atom is 0.226 e. The van der Waals surface area contributed by atoms with Crippen LogP contribution in [0.4, 0.5) is 0 Å². The first-order valence-electron chi connectivity index (χ1n) is 4.57. The smallest absolute Gasteiger partial charge is 0.226 e. The molecule has 1 aliphatic heterocycles. The Morgan fingerprint density at radius 2 is 2.23 bits per heavy atom. The highest BCUT2D eigenvalue weighted by Gasteiger charge is 2.31. The summed E-state index contributed by atoms with van der Waals surface area (Å²) in [6, 6.07) is 0. The summed E-state index contributed by atoms with van der Waals surface area (Å²) in [7, 11) is 3.22. The second-order valence-electron chi connectivity index (χ2n) is 3.22. The number of carbonyl (C=O) groups excluding carboxylic acids is 1. The van der Waals surface area contributed by atoms with E-state index in [0.29, 0.717) is 6.42 Å². The molecule has 1 rings (SSSR count). The van der Waals surface area contributed by atoms with Gasteiger partial charge in [0.05, 0.1) is 0 Å². The minimum atomic E-state index is -0.197. The lowest BCUT2D eigenvalue weighted by atomic mass is 10.1. The zero-order valence-corrected chi connectivity index (χ0v) is 8.45. The third-order valence-electron chi connectivity index (χ3n) is 2.44. The van der Waals surface area contributed by atoms with Gasteiger partial charge in [-0.15, -0.1) is 0 Å². The molecule has 0 aromatic heterocycles. The number of nitrogens with zero attached hydrogens (tertiary/aromatic N) is 1. The van der Waals surface area contributed by atoms with Crippen molar-refractivity contribution in [3.8, 4) is 0 Å². The maximum absolute atomic E-state index is 11.5. The van der Waals surface area contributed by atoms with Crippen LogP contribution in [0.3, 0.4) is 0 Å². The normalized spacial score (nSPS) is 26.2. The van der Waals surface area contributed by atoms with Gasteiger partial charge in [-0.1, -0.05) is 0 Å². The summed E-state index contributed by atoms with van der Waals surface area (Å²) in [6.07, 6.45) is 2.10. The predicted molar refractivity (Wildman–Crippen MR) is 48.0 cm³/mol. The number of hydrogen-bond acceptors (Lipinski definition) is 3. The molecule has 2 atom stereocenters. The molecule has 0 bridgehead atoms. The van der Waals surface area contributed by atoms with Gasteiger partial charge >= 0.3 is 0 Å². The van der Waals surface area contributed by atoms with Crippen molar-refractivity contribution in [3.63, 3.8) is 0 Å². The van der Waals surface area contributed by atoms with E-state index < -0.39 is 0 Å². The van der Waals surface area contributed by atoms with Crippen molar-refractivity contribution in [3.05, 3.63) is 0 Å². The lowest BCUT2D eigenvalue weighted by Gasteiger charge is -2.37. The maximum atomic E-state index is 11.5. The van der Waals surface area contributed by atoms with E-state index in [1.54, 1.807) is 19.1 Å². The molecule has 1 amide bonds. The van der Waals surface area contributed by atoms with Crippen LogP contribution in [-0.4, -0.2) is 37.5 Å². The second kappa shape index (κ2) is 4.58. The second-order valence-corrected chi connectivity index (χ2v) is 3.22. The van der Waals surface area contributed by atoms with Crippen molar-refractivity contribution in [1.29, 1.82) is 0 Å². The molecule has 1 saturated heterocycles. The van der Waals surface area contributed by atoms with E-state index in [2.05, 4.69) is 0 Å². The van der Waals surface area contributed by atoms with Gasteiger partial charge in [-0.05, 0) is 19.8 Å². The minimum absolute atomic E-state index is 0.115. The van der Waals surface area contributed by atoms with Crippen molar-refractivity contribution in [2.75, 3.05) is 14.2 Å². The average molecular weight is 187 g/mol. The van der Waals surface area contributed by atoms with Gasteiger partial charge in [-0.3, -0.25) is 9.69 Å². The molecule has 2 unspecified atom stereocenters. The quantitative estimate of drug-likeness (QED) is 0.660. The van der Waals surface area contributed by atoms with Gasteiger partial charge in [0.1, 0.15) is 12.5 Å². The number of likely N-dealkylation sites (tertiary alicyclic amines) is 1. The van der Waals surface area contributed by atoms with E-state index >= 15 is 0 Å². The lowest BCUT2D eigenvalue weighted by Crippen LogP contribution is -2.50. The summed E-state index contributed by atoms with van der Waals surface area (Å²) >= 11 is 0. The molecule has 0 aromatic carbocycles. The van der Waals surface area contributed by atoms with Crippen LogP contribution >= 0.6 is 0 Å². The molecule has 13 heavy (non-hydrogen) atoms. The number of ether oxygens (including phenoxy) is 2. The standard InChI is InChI=1S/C9H17NO3/c1-7(12-2)10-8(11)5-4-6-9(10)13-3/h7,9H,4-6H2,1-3H3. The molecule has 0 N–H and O–H groups in total. The fourth-order valence-electron chi connectivity index (χ4n) is 1.64. The monoisotopic (exact) mass is 187 g/mol. The van der Waals surface area contributed by atoms with Crippen LogP contribution < -0.4 is 0 Å². The number of amides is 1. The zero-order valence-electron chi connectivity index (χ0n) is 8.45. The van der Waals surface area contributed by atoms with Gasteiger partial charge < -0.3 is 9.47 Å². The van der Waals surface area contributed by atoms with Crippen molar-refractivity contribution >= 4 is 5.91 Å². The molecule has 1 fully saturated rings. The first-order valence-corrected chi connectivity index (χ1v) is 4.57. The van der Waals surface area contributed by atoms with Crippen molar-refractivity contribution < 1.29 is 14.3 Å². The molecule has 1 heterocycles. The summed E-state index contributed by atoms with van der Waals surface area (Å²) in [6.45, 7) is 1.86. The van der Waals surface area contributed by atoms with Crippen molar-refractivity contribution in [2.45, 2.75) is 38.6 Å². The highest BCUT2D eigenvalue weighted by atomic mass is 16.5. The van der Waals surface area contributed by atoms with E-state index in [4.69, 9.17) is 9.47 Å². The van der Waals surface area contributed by atoms with Crippen LogP contribution in [0.25, 0.3) is 0 Å². The fourth-order valence-corrected chi connectivity index (χ4v) is 1.64. The van der Waals surface area contributed by atoms with E-state index in [9.17, 15) is 4.79 Å². The molecule has 76 valence electrons. The Morgan fingerprint density at radius 1 is 1.54 bits per heavy atom. The van der Waals surface area contributed by atoms with Gasteiger partial charge in [0.15, 0.2) is 0 Å². The topological polar surface area (TPSA) is 38.8 Å². The summed E-state index contributed by atoms with van der Waals surface area (Å²) in [5, 5.41) is 0. The molecular weight excluding hydrogens is 170 g/mol. The molecule has 0 spiro atoms. The first kappa shape index (κ1) is 10.5. The zero-order chi connectivity index (χ0) is 9.84. The van der Waals surface area contributed by atoms with Gasteiger partial charge in [-0.2, -0.15) is 0 Å². The lowest BCUT2D eigenvalue weighted by molar-refractivity contribution is -0.174. The Labute approximate surface area is 78.8 Å². The molecule has 0 aliphatic carbocycles. The van der Waals surface area contributed by atoms with Crippen molar-refractivity contribution in [2.24, 2.45) is 0 Å². The van der Waals surface area contributed by atoms with Crippen LogP contribution in [0, 0.1) is 0 Å². The fraction of sp³-hybridized carbons (Fsp3) is 0.889. The molecule has 4 heteroatoms. The summed E-state index contributed by atoms with van der Waals surface area (Å²) in [5.41, 5.74) is 0. The average Bonchev–Trinajstić information content (AvgIpc) is 2.16. The molecule has 1 aliphatic rings. The van der Waals surface area contributed by atoms with Gasteiger partial charge in [0.2, 0.25) is 5.91 Å². The minimum Gasteiger partial charge on any atom is -0.362 e. The van der Waals surface area contributed by atoms with E-state index in [1.807, 2.05) is 6.92 Å². The number of rotatable bonds is 3. The predicted octanol–water partition coefficient (Wildman–Crippen LogP) is 0.964. The highest BCUT2D eigenvalue weighted by molar-refractivity contribution is 5.77. The highest BCUT2D eigenvalue weighted by Crippen LogP contribution is 2.21. The van der Waals surface area contributed by atoms with E-state index in [0.717, 1.165) is 12.8 Å². The van der Waals surface area contributed by atoms with Crippen LogP contribution in [0.15, 0.2) is 0 Å². The summed E-state index contributed by atoms with van der Waals surface area (Å²) in [4.78, 5) is 13.2. The molecule has 0 radical (unpaired) electrons. The number of carbonyl (C=O) groups is 1. The molecule has 0 aromatic rings.